The average Bonchev–Trinajstić information content (AvgIpc) is 2.63. The molecule has 1 aromatic heterocycles. The Morgan fingerprint density at radius 3 is 2.48 bits per heavy atom. The quantitative estimate of drug-likeness (QED) is 0.907. The fourth-order valence-corrected chi connectivity index (χ4v) is 2.82. The maximum atomic E-state index is 12.9. The Bertz CT molecular complexity index is 694. The number of hydrogen-bond acceptors (Lipinski definition) is 4. The number of hydrogen-bond donors (Lipinski definition) is 1. The molecule has 0 atom stereocenters. The molecular formula is C19H23FN4O. The minimum absolute atomic E-state index is 0.0709. The average molecular weight is 342 g/mol. The molecule has 25 heavy (non-hydrogen) atoms. The Hall–Kier alpha value is -2.47. The topological polar surface area (TPSA) is 48.5 Å². The number of carbonyl (C=O) groups is 1. The predicted octanol–water partition coefficient (Wildman–Crippen LogP) is 2.54. The van der Waals surface area contributed by atoms with E-state index in [0.717, 1.165) is 37.6 Å². The summed E-state index contributed by atoms with van der Waals surface area (Å²) in [5.74, 6) is 0.607. The zero-order valence-electron chi connectivity index (χ0n) is 14.4. The number of piperazine rings is 1. The van der Waals surface area contributed by atoms with E-state index < -0.39 is 0 Å². The van der Waals surface area contributed by atoms with Crippen LogP contribution in [0, 0.1) is 5.82 Å². The summed E-state index contributed by atoms with van der Waals surface area (Å²) in [6.45, 7) is 3.99. The van der Waals surface area contributed by atoms with Gasteiger partial charge in [-0.3, -0.25) is 4.79 Å². The second kappa shape index (κ2) is 8.07. The molecule has 2 aromatic rings. The summed E-state index contributed by atoms with van der Waals surface area (Å²) in [5.41, 5.74) is 1.64. The number of nitrogens with one attached hydrogen (secondary N) is 1. The van der Waals surface area contributed by atoms with E-state index in [1.54, 1.807) is 18.3 Å². The lowest BCUT2D eigenvalue weighted by molar-refractivity contribution is -0.116. The first kappa shape index (κ1) is 17.4. The van der Waals surface area contributed by atoms with Gasteiger partial charge < -0.3 is 15.1 Å². The molecule has 1 aliphatic heterocycles. The van der Waals surface area contributed by atoms with Crippen molar-refractivity contribution in [2.24, 2.45) is 0 Å². The molecule has 1 amide bonds. The number of anilines is 2. The lowest BCUT2D eigenvalue weighted by Gasteiger charge is -2.33. The van der Waals surface area contributed by atoms with Gasteiger partial charge in [-0.1, -0.05) is 12.1 Å². The summed E-state index contributed by atoms with van der Waals surface area (Å²) in [5, 5.41) is 2.86. The lowest BCUT2D eigenvalue weighted by Crippen LogP contribution is -2.44. The van der Waals surface area contributed by atoms with Gasteiger partial charge in [0.1, 0.15) is 11.6 Å². The van der Waals surface area contributed by atoms with Crippen LogP contribution in [-0.2, 0) is 11.2 Å². The third-order valence-corrected chi connectivity index (χ3v) is 4.41. The van der Waals surface area contributed by atoms with Gasteiger partial charge >= 0.3 is 0 Å². The van der Waals surface area contributed by atoms with Gasteiger partial charge in [0, 0.05) is 32.6 Å². The van der Waals surface area contributed by atoms with Crippen molar-refractivity contribution in [3.63, 3.8) is 0 Å². The van der Waals surface area contributed by atoms with Crippen molar-refractivity contribution < 1.29 is 9.18 Å². The maximum absolute atomic E-state index is 12.9. The normalized spacial score (nSPS) is 15.2. The van der Waals surface area contributed by atoms with Gasteiger partial charge in [0.25, 0.3) is 0 Å². The van der Waals surface area contributed by atoms with Crippen LogP contribution in [0.1, 0.15) is 12.0 Å². The Kier molecular flexibility index (Phi) is 5.60. The molecular weight excluding hydrogens is 319 g/mol. The van der Waals surface area contributed by atoms with Gasteiger partial charge in [-0.25, -0.2) is 9.37 Å². The van der Waals surface area contributed by atoms with Crippen LogP contribution in [0.3, 0.4) is 0 Å². The fourth-order valence-electron chi connectivity index (χ4n) is 2.82. The van der Waals surface area contributed by atoms with Crippen molar-refractivity contribution >= 4 is 17.4 Å². The highest BCUT2D eigenvalue weighted by Crippen LogP contribution is 2.16. The zero-order valence-corrected chi connectivity index (χ0v) is 14.4. The Morgan fingerprint density at radius 1 is 1.12 bits per heavy atom. The Balaban J connectivity index is 1.49. The molecule has 0 spiro atoms. The molecule has 0 unspecified atom stereocenters. The highest BCUT2D eigenvalue weighted by atomic mass is 19.1. The summed E-state index contributed by atoms with van der Waals surface area (Å²) < 4.78 is 12.9. The minimum atomic E-state index is -0.264. The van der Waals surface area contributed by atoms with Crippen molar-refractivity contribution in [2.45, 2.75) is 12.8 Å². The Morgan fingerprint density at radius 2 is 1.84 bits per heavy atom. The molecule has 5 nitrogen and oxygen atoms in total. The summed E-state index contributed by atoms with van der Waals surface area (Å²) in [6, 6.07) is 10.1. The molecule has 1 fully saturated rings. The van der Waals surface area contributed by atoms with Crippen LogP contribution in [0.15, 0.2) is 42.6 Å². The third kappa shape index (κ3) is 5.00. The van der Waals surface area contributed by atoms with E-state index in [1.807, 2.05) is 12.1 Å². The van der Waals surface area contributed by atoms with E-state index in [4.69, 9.17) is 0 Å². The van der Waals surface area contributed by atoms with Gasteiger partial charge in [-0.2, -0.15) is 0 Å². The van der Waals surface area contributed by atoms with E-state index >= 15 is 0 Å². The number of halogens is 1. The molecule has 3 rings (SSSR count). The van der Waals surface area contributed by atoms with Crippen molar-refractivity contribution in [1.82, 2.24) is 9.88 Å². The predicted molar refractivity (Wildman–Crippen MR) is 97.3 cm³/mol. The number of pyridine rings is 1. The molecule has 0 aliphatic carbocycles. The monoisotopic (exact) mass is 342 g/mol. The van der Waals surface area contributed by atoms with E-state index in [2.05, 4.69) is 27.1 Å². The highest BCUT2D eigenvalue weighted by Gasteiger charge is 2.15. The molecule has 0 bridgehead atoms. The van der Waals surface area contributed by atoms with E-state index in [-0.39, 0.29) is 11.7 Å². The van der Waals surface area contributed by atoms with Crippen molar-refractivity contribution in [3.05, 3.63) is 54.0 Å². The smallest absolute Gasteiger partial charge is 0.224 e. The number of aryl methyl sites for hydroxylation is 1. The second-order valence-electron chi connectivity index (χ2n) is 6.37. The minimum Gasteiger partial charge on any atom is -0.354 e. The molecule has 2 heterocycles. The number of aromatic nitrogens is 1. The molecule has 1 N–H and O–H groups in total. The van der Waals surface area contributed by atoms with Crippen LogP contribution in [0.5, 0.6) is 0 Å². The number of nitrogens with zero attached hydrogens (tertiary/aromatic N) is 3. The maximum Gasteiger partial charge on any atom is 0.224 e. The van der Waals surface area contributed by atoms with Crippen molar-refractivity contribution in [1.29, 1.82) is 0 Å². The first-order valence-electron chi connectivity index (χ1n) is 8.54. The van der Waals surface area contributed by atoms with Crippen LogP contribution >= 0.6 is 0 Å². The molecule has 1 saturated heterocycles. The molecule has 132 valence electrons. The first-order chi connectivity index (χ1) is 12.1. The largest absolute Gasteiger partial charge is 0.354 e. The van der Waals surface area contributed by atoms with Crippen molar-refractivity contribution in [3.8, 4) is 0 Å². The Labute approximate surface area is 147 Å². The molecule has 0 radical (unpaired) electrons. The number of amides is 1. The zero-order chi connectivity index (χ0) is 17.6. The van der Waals surface area contributed by atoms with Crippen LogP contribution in [0.25, 0.3) is 0 Å². The summed E-state index contributed by atoms with van der Waals surface area (Å²) in [6.07, 6.45) is 2.63. The highest BCUT2D eigenvalue weighted by molar-refractivity contribution is 5.90. The van der Waals surface area contributed by atoms with Crippen LogP contribution in [-0.4, -0.2) is 49.0 Å². The summed E-state index contributed by atoms with van der Waals surface area (Å²) in [4.78, 5) is 21.1. The summed E-state index contributed by atoms with van der Waals surface area (Å²) >= 11 is 0. The van der Waals surface area contributed by atoms with Gasteiger partial charge in [-0.15, -0.1) is 0 Å². The van der Waals surface area contributed by atoms with E-state index in [0.29, 0.717) is 18.5 Å². The molecule has 6 heteroatoms. The first-order valence-corrected chi connectivity index (χ1v) is 8.54. The third-order valence-electron chi connectivity index (χ3n) is 4.41. The van der Waals surface area contributed by atoms with Gasteiger partial charge in [0.15, 0.2) is 0 Å². The van der Waals surface area contributed by atoms with Crippen LogP contribution < -0.4 is 10.2 Å². The van der Waals surface area contributed by atoms with Gasteiger partial charge in [0.2, 0.25) is 5.91 Å². The molecule has 0 saturated carbocycles. The number of carbonyl (C=O) groups excluding carboxylic acids is 1. The fraction of sp³-hybridized carbons (Fsp3) is 0.368. The lowest BCUT2D eigenvalue weighted by atomic mass is 10.1. The molecule has 1 aliphatic rings. The number of benzene rings is 1. The van der Waals surface area contributed by atoms with E-state index in [1.165, 1.54) is 12.1 Å². The van der Waals surface area contributed by atoms with Gasteiger partial charge in [0.05, 0.1) is 11.9 Å². The second-order valence-corrected chi connectivity index (χ2v) is 6.37. The van der Waals surface area contributed by atoms with Crippen LogP contribution in [0.4, 0.5) is 15.9 Å². The van der Waals surface area contributed by atoms with E-state index in [9.17, 15) is 9.18 Å². The standard InChI is InChI=1S/C19H23FN4O/c1-23-10-12-24(13-11-23)18-8-7-17(14-21-18)22-19(25)9-4-15-2-5-16(20)6-3-15/h2-3,5-8,14H,4,9-13H2,1H3,(H,22,25). The number of likely N-dealkylation sites (N-methyl/N-ethyl adjacent to an activating group) is 1. The molecule has 1 aromatic carbocycles. The SMILES string of the molecule is CN1CCN(c2ccc(NC(=O)CCc3ccc(F)cc3)cn2)CC1. The number of rotatable bonds is 5. The summed E-state index contributed by atoms with van der Waals surface area (Å²) in [7, 11) is 2.12. The van der Waals surface area contributed by atoms with Crippen LogP contribution in [0.2, 0.25) is 0 Å². The van der Waals surface area contributed by atoms with Gasteiger partial charge in [-0.05, 0) is 43.3 Å². The van der Waals surface area contributed by atoms with Crippen molar-refractivity contribution in [2.75, 3.05) is 43.4 Å².